The number of amides is 2. The smallest absolute Gasteiger partial charge is 0.323 e. The Morgan fingerprint density at radius 1 is 1.18 bits per heavy atom. The van der Waals surface area contributed by atoms with E-state index in [4.69, 9.17) is 5.11 Å². The van der Waals surface area contributed by atoms with Crippen LogP contribution >= 0.6 is 0 Å². The van der Waals surface area contributed by atoms with Gasteiger partial charge >= 0.3 is 5.97 Å². The highest BCUT2D eigenvalue weighted by molar-refractivity contribution is 6.00. The van der Waals surface area contributed by atoms with Crippen molar-refractivity contribution in [1.29, 1.82) is 0 Å². The third kappa shape index (κ3) is 2.72. The fraction of sp³-hybridized carbons (Fsp3) is 0.312. The van der Waals surface area contributed by atoms with Crippen molar-refractivity contribution < 1.29 is 19.5 Å². The molecule has 0 bridgehead atoms. The second-order valence-electron chi connectivity index (χ2n) is 5.61. The molecule has 1 heterocycles. The Morgan fingerprint density at radius 3 is 2.27 bits per heavy atom. The van der Waals surface area contributed by atoms with Gasteiger partial charge in [-0.1, -0.05) is 30.3 Å². The second kappa shape index (κ2) is 5.63. The van der Waals surface area contributed by atoms with Gasteiger partial charge in [0.15, 0.2) is 0 Å². The summed E-state index contributed by atoms with van der Waals surface area (Å²) in [6.45, 7) is 4.13. The SMILES string of the molecule is CC(=O)N1C=C(c2ccccc2)N(CC(=O)O)C(=O)C1(C)C. The zero-order valence-corrected chi connectivity index (χ0v) is 12.7. The van der Waals surface area contributed by atoms with Crippen LogP contribution in [0.25, 0.3) is 5.70 Å². The highest BCUT2D eigenvalue weighted by atomic mass is 16.4. The van der Waals surface area contributed by atoms with Gasteiger partial charge in [-0.05, 0) is 19.4 Å². The average Bonchev–Trinajstić information content (AvgIpc) is 2.44. The third-order valence-electron chi connectivity index (χ3n) is 3.62. The quantitative estimate of drug-likeness (QED) is 0.918. The molecule has 0 spiro atoms. The molecule has 1 aliphatic heterocycles. The van der Waals surface area contributed by atoms with E-state index in [1.165, 1.54) is 16.7 Å². The van der Waals surface area contributed by atoms with Gasteiger partial charge in [0.1, 0.15) is 12.1 Å². The van der Waals surface area contributed by atoms with Gasteiger partial charge in [0.25, 0.3) is 5.91 Å². The van der Waals surface area contributed by atoms with E-state index in [0.717, 1.165) is 0 Å². The van der Waals surface area contributed by atoms with Crippen molar-refractivity contribution in [3.8, 4) is 0 Å². The van der Waals surface area contributed by atoms with Crippen LogP contribution in [0.1, 0.15) is 26.3 Å². The number of hydrogen-bond acceptors (Lipinski definition) is 3. The molecular weight excluding hydrogens is 284 g/mol. The number of carboxylic acids is 1. The summed E-state index contributed by atoms with van der Waals surface area (Å²) in [5.41, 5.74) is -0.0408. The van der Waals surface area contributed by atoms with E-state index in [9.17, 15) is 14.4 Å². The molecule has 0 atom stereocenters. The molecule has 0 aromatic heterocycles. The molecule has 22 heavy (non-hydrogen) atoms. The predicted octanol–water partition coefficient (Wildman–Crippen LogP) is 1.54. The molecule has 1 aromatic carbocycles. The molecule has 0 radical (unpaired) electrons. The molecule has 6 nitrogen and oxygen atoms in total. The first-order valence-corrected chi connectivity index (χ1v) is 6.86. The molecular formula is C16H18N2O4. The van der Waals surface area contributed by atoms with Crippen molar-refractivity contribution in [2.45, 2.75) is 26.3 Å². The molecule has 1 aromatic rings. The molecule has 0 saturated heterocycles. The molecule has 2 rings (SSSR count). The first kappa shape index (κ1) is 15.8. The van der Waals surface area contributed by atoms with Gasteiger partial charge in [0.2, 0.25) is 5.91 Å². The standard InChI is InChI=1S/C16H18N2O4/c1-11(19)18-9-13(12-7-5-4-6-8-12)17(10-14(20)21)15(22)16(18,2)3/h4-9H,10H2,1-3H3,(H,20,21). The molecule has 2 amide bonds. The van der Waals surface area contributed by atoms with Gasteiger partial charge in [-0.2, -0.15) is 0 Å². The first-order valence-electron chi connectivity index (χ1n) is 6.86. The number of benzene rings is 1. The number of aliphatic carboxylic acids is 1. The molecule has 0 unspecified atom stereocenters. The maximum atomic E-state index is 12.7. The minimum Gasteiger partial charge on any atom is -0.480 e. The van der Waals surface area contributed by atoms with E-state index in [2.05, 4.69) is 0 Å². The summed E-state index contributed by atoms with van der Waals surface area (Å²) >= 11 is 0. The number of rotatable bonds is 3. The Balaban J connectivity index is 2.60. The number of nitrogens with zero attached hydrogens (tertiary/aromatic N) is 2. The van der Waals surface area contributed by atoms with Gasteiger partial charge in [0, 0.05) is 13.1 Å². The number of carbonyl (C=O) groups is 3. The molecule has 1 aliphatic rings. The van der Waals surface area contributed by atoms with E-state index in [0.29, 0.717) is 11.3 Å². The van der Waals surface area contributed by atoms with Crippen LogP contribution in [0.2, 0.25) is 0 Å². The van der Waals surface area contributed by atoms with E-state index < -0.39 is 24.0 Å². The summed E-state index contributed by atoms with van der Waals surface area (Å²) in [4.78, 5) is 38.2. The maximum absolute atomic E-state index is 12.7. The van der Waals surface area contributed by atoms with Crippen molar-refractivity contribution in [2.75, 3.05) is 6.54 Å². The Hall–Kier alpha value is -2.63. The molecule has 116 valence electrons. The molecule has 0 saturated carbocycles. The summed E-state index contributed by atoms with van der Waals surface area (Å²) in [6, 6.07) is 8.94. The summed E-state index contributed by atoms with van der Waals surface area (Å²) < 4.78 is 0. The molecule has 6 heteroatoms. The highest BCUT2D eigenvalue weighted by Gasteiger charge is 2.44. The Bertz CT molecular complexity index is 649. The predicted molar refractivity (Wildman–Crippen MR) is 80.4 cm³/mol. The van der Waals surface area contributed by atoms with Crippen molar-refractivity contribution in [3.05, 3.63) is 42.1 Å². The summed E-state index contributed by atoms with van der Waals surface area (Å²) in [5, 5.41) is 9.09. The summed E-state index contributed by atoms with van der Waals surface area (Å²) in [6.07, 6.45) is 1.54. The lowest BCUT2D eigenvalue weighted by atomic mass is 9.96. The fourth-order valence-corrected chi connectivity index (χ4v) is 2.51. The van der Waals surface area contributed by atoms with Crippen molar-refractivity contribution >= 4 is 23.5 Å². The van der Waals surface area contributed by atoms with Crippen LogP contribution in [-0.2, 0) is 14.4 Å². The lowest BCUT2D eigenvalue weighted by molar-refractivity contribution is -0.151. The molecule has 0 aliphatic carbocycles. The Labute approximate surface area is 128 Å². The fourth-order valence-electron chi connectivity index (χ4n) is 2.51. The molecule has 1 N–H and O–H groups in total. The Morgan fingerprint density at radius 2 is 1.77 bits per heavy atom. The Kier molecular flexibility index (Phi) is 4.03. The zero-order chi connectivity index (χ0) is 16.5. The van der Waals surface area contributed by atoms with Crippen molar-refractivity contribution in [2.24, 2.45) is 0 Å². The van der Waals surface area contributed by atoms with Gasteiger partial charge < -0.3 is 10.0 Å². The monoisotopic (exact) mass is 302 g/mol. The topological polar surface area (TPSA) is 77.9 Å². The van der Waals surface area contributed by atoms with Crippen LogP contribution in [0.15, 0.2) is 36.5 Å². The zero-order valence-electron chi connectivity index (χ0n) is 12.7. The van der Waals surface area contributed by atoms with Crippen LogP contribution < -0.4 is 0 Å². The minimum atomic E-state index is -1.13. The van der Waals surface area contributed by atoms with Crippen LogP contribution in [0.4, 0.5) is 0 Å². The summed E-state index contributed by atoms with van der Waals surface area (Å²) in [5.74, 6) is -1.81. The third-order valence-corrected chi connectivity index (χ3v) is 3.62. The van der Waals surface area contributed by atoms with Crippen LogP contribution in [-0.4, -0.2) is 44.8 Å². The van der Waals surface area contributed by atoms with Gasteiger partial charge in [-0.25, -0.2) is 0 Å². The van der Waals surface area contributed by atoms with Crippen molar-refractivity contribution in [3.63, 3.8) is 0 Å². The molecule has 0 fully saturated rings. The lowest BCUT2D eigenvalue weighted by Crippen LogP contribution is -2.59. The number of carbonyl (C=O) groups excluding carboxylic acids is 2. The first-order chi connectivity index (χ1) is 10.2. The number of hydrogen-bond donors (Lipinski definition) is 1. The van der Waals surface area contributed by atoms with E-state index in [-0.39, 0.29) is 5.91 Å². The average molecular weight is 302 g/mol. The van der Waals surface area contributed by atoms with Gasteiger partial charge in [-0.15, -0.1) is 0 Å². The van der Waals surface area contributed by atoms with Gasteiger partial charge in [-0.3, -0.25) is 19.3 Å². The van der Waals surface area contributed by atoms with Crippen LogP contribution in [0.3, 0.4) is 0 Å². The second-order valence-corrected chi connectivity index (χ2v) is 5.61. The highest BCUT2D eigenvalue weighted by Crippen LogP contribution is 2.32. The minimum absolute atomic E-state index is 0.276. The number of carboxylic acid groups (broad SMARTS) is 1. The van der Waals surface area contributed by atoms with E-state index in [1.54, 1.807) is 44.3 Å². The maximum Gasteiger partial charge on any atom is 0.323 e. The largest absolute Gasteiger partial charge is 0.480 e. The van der Waals surface area contributed by atoms with E-state index >= 15 is 0 Å². The lowest BCUT2D eigenvalue weighted by Gasteiger charge is -2.43. The summed E-state index contributed by atoms with van der Waals surface area (Å²) in [7, 11) is 0. The van der Waals surface area contributed by atoms with Crippen molar-refractivity contribution in [1.82, 2.24) is 9.80 Å². The normalized spacial score (nSPS) is 17.2. The van der Waals surface area contributed by atoms with Crippen LogP contribution in [0.5, 0.6) is 0 Å². The van der Waals surface area contributed by atoms with Crippen LogP contribution in [0, 0.1) is 0 Å². The van der Waals surface area contributed by atoms with Gasteiger partial charge in [0.05, 0.1) is 5.70 Å². The van der Waals surface area contributed by atoms with E-state index in [1.807, 2.05) is 6.07 Å².